The number of amides is 2. The number of fused-ring (bicyclic) bond motifs is 2. The van der Waals surface area contributed by atoms with Gasteiger partial charge in [0, 0.05) is 72.3 Å². The highest BCUT2D eigenvalue weighted by atomic mass is 35.5. The van der Waals surface area contributed by atoms with Crippen LogP contribution >= 0.6 is 23.2 Å². The first-order chi connectivity index (χ1) is 28.5. The van der Waals surface area contributed by atoms with E-state index in [-0.39, 0.29) is 40.3 Å². The van der Waals surface area contributed by atoms with Gasteiger partial charge in [-0.3, -0.25) is 18.7 Å². The number of unbranched alkanes of at least 4 members (excludes halogenated alkanes) is 2. The molecule has 1 aliphatic heterocycles. The Morgan fingerprint density at radius 3 is 2.12 bits per heavy atom. The fourth-order valence-electron chi connectivity index (χ4n) is 7.13. The Balaban J connectivity index is 1.19. The number of nitrogens with zero attached hydrogens (tertiary/aromatic N) is 1. The van der Waals surface area contributed by atoms with E-state index in [1.807, 2.05) is 24.3 Å². The van der Waals surface area contributed by atoms with Gasteiger partial charge in [0.25, 0.3) is 26.1 Å². The van der Waals surface area contributed by atoms with E-state index in [4.69, 9.17) is 39.1 Å². The number of ether oxygens (including phenoxy) is 1. The quantitative estimate of drug-likeness (QED) is 0.0343. The molecule has 0 saturated carbocycles. The molecular weight excluding hydrogens is 862 g/mol. The Morgan fingerprint density at radius 1 is 0.850 bits per heavy atom. The molecule has 0 saturated heterocycles. The molecule has 20 heteroatoms. The average molecular weight is 907 g/mol. The lowest BCUT2D eigenvalue weighted by molar-refractivity contribution is -0.121. The van der Waals surface area contributed by atoms with Crippen LogP contribution in [0.25, 0.3) is 5.57 Å². The van der Waals surface area contributed by atoms with Crippen LogP contribution in [0.1, 0.15) is 69.5 Å². The number of halogens is 2. The van der Waals surface area contributed by atoms with Crippen molar-refractivity contribution in [3.63, 3.8) is 0 Å². The second kappa shape index (κ2) is 20.1. The highest BCUT2D eigenvalue weighted by molar-refractivity contribution is 7.87. The first-order valence-electron chi connectivity index (χ1n) is 18.9. The van der Waals surface area contributed by atoms with Gasteiger partial charge in [0.05, 0.1) is 17.0 Å². The summed E-state index contributed by atoms with van der Waals surface area (Å²) >= 11 is 11.8. The molecule has 3 aromatic carbocycles. The molecule has 0 spiro atoms. The van der Waals surface area contributed by atoms with Crippen molar-refractivity contribution < 1.29 is 50.2 Å². The number of nitrogen functional groups attached to an aromatic ring is 1. The molecule has 1 aliphatic carbocycles. The average Bonchev–Trinajstić information content (AvgIpc) is 3.18. The van der Waals surface area contributed by atoms with Crippen molar-refractivity contribution >= 4 is 83.9 Å². The van der Waals surface area contributed by atoms with Crippen LogP contribution in [0.4, 0.5) is 11.4 Å². The maximum absolute atomic E-state index is 13.2. The number of carbonyl (C=O) groups excluding carboxylic acids is 2. The number of carboxylic acid groups (broad SMARTS) is 1. The van der Waals surface area contributed by atoms with E-state index in [9.17, 15) is 45.4 Å². The van der Waals surface area contributed by atoms with E-state index in [0.717, 1.165) is 35.9 Å². The number of benzene rings is 3. The molecule has 60 heavy (non-hydrogen) atoms. The van der Waals surface area contributed by atoms with E-state index in [1.54, 1.807) is 0 Å². The summed E-state index contributed by atoms with van der Waals surface area (Å²) in [7, 11) is -10.2. The first-order valence-corrected chi connectivity index (χ1v) is 22.9. The van der Waals surface area contributed by atoms with Gasteiger partial charge in [-0.2, -0.15) is 16.8 Å². The SMILES string of the molecule is N=C1C=CC2=C(c3ccc(C(=O)NCCCCCNC(=O)CCCc4ccc(N(CCCl)CCCl)cc4)cc3C(=O)O)c3ccc(N)c(S(=O)(=O)O)c3OC2C1S(=O)(=O)O. The number of carbonyl (C=O) groups is 3. The number of aromatic carboxylic acids is 1. The fraction of sp³-hybridized carbons (Fsp3) is 0.350. The van der Waals surface area contributed by atoms with Crippen LogP contribution in [0.5, 0.6) is 5.75 Å². The lowest BCUT2D eigenvalue weighted by Gasteiger charge is -2.36. The topological polar surface area (TPSA) is 267 Å². The van der Waals surface area contributed by atoms with Gasteiger partial charge in [-0.25, -0.2) is 4.79 Å². The van der Waals surface area contributed by atoms with E-state index >= 15 is 0 Å². The molecule has 0 fully saturated rings. The molecule has 0 bridgehead atoms. The van der Waals surface area contributed by atoms with Crippen LogP contribution in [-0.2, 0) is 31.5 Å². The second-order valence-electron chi connectivity index (χ2n) is 14.0. The van der Waals surface area contributed by atoms with Crippen molar-refractivity contribution in [2.45, 2.75) is 54.8 Å². The molecule has 16 nitrogen and oxygen atoms in total. The molecule has 0 aromatic heterocycles. The van der Waals surface area contributed by atoms with Crippen molar-refractivity contribution in [2.24, 2.45) is 0 Å². The number of anilines is 2. The molecule has 5 rings (SSSR count). The first kappa shape index (κ1) is 46.1. The summed E-state index contributed by atoms with van der Waals surface area (Å²) in [6.45, 7) is 2.12. The maximum Gasteiger partial charge on any atom is 0.336 e. The van der Waals surface area contributed by atoms with E-state index in [1.165, 1.54) is 24.3 Å². The van der Waals surface area contributed by atoms with Crippen molar-refractivity contribution in [1.29, 1.82) is 5.41 Å². The molecule has 322 valence electrons. The number of alkyl halides is 2. The number of carboxylic acids is 1. The van der Waals surface area contributed by atoms with Crippen molar-refractivity contribution in [2.75, 3.05) is 48.6 Å². The van der Waals surface area contributed by atoms with Gasteiger partial charge in [0.2, 0.25) is 5.91 Å². The van der Waals surface area contributed by atoms with Gasteiger partial charge in [-0.1, -0.05) is 24.3 Å². The molecule has 1 heterocycles. The van der Waals surface area contributed by atoms with Crippen LogP contribution in [0, 0.1) is 5.41 Å². The van der Waals surface area contributed by atoms with Crippen molar-refractivity contribution in [1.82, 2.24) is 10.6 Å². The predicted molar refractivity (Wildman–Crippen MR) is 229 cm³/mol. The highest BCUT2D eigenvalue weighted by Gasteiger charge is 2.46. The molecule has 2 aliphatic rings. The number of hydrogen-bond acceptors (Lipinski definition) is 11. The Bertz CT molecular complexity index is 2420. The minimum atomic E-state index is -5.12. The lowest BCUT2D eigenvalue weighted by atomic mass is 9.81. The maximum atomic E-state index is 13.2. The summed E-state index contributed by atoms with van der Waals surface area (Å²) in [6.07, 6.45) is 4.33. The van der Waals surface area contributed by atoms with E-state index in [2.05, 4.69) is 15.5 Å². The predicted octanol–water partition coefficient (Wildman–Crippen LogP) is 4.95. The lowest BCUT2D eigenvalue weighted by Crippen LogP contribution is -2.47. The molecule has 8 N–H and O–H groups in total. The van der Waals surface area contributed by atoms with Crippen molar-refractivity contribution in [3.05, 3.63) is 100 Å². The number of nitrogens with two attached hydrogens (primary N) is 1. The summed E-state index contributed by atoms with van der Waals surface area (Å²) in [5.41, 5.74) is 6.24. The van der Waals surface area contributed by atoms with Crippen molar-refractivity contribution in [3.8, 4) is 5.75 Å². The molecular formula is C40H45Cl2N5O11S2. The monoisotopic (exact) mass is 905 g/mol. The Morgan fingerprint density at radius 2 is 1.50 bits per heavy atom. The number of hydrogen-bond donors (Lipinski definition) is 7. The molecule has 2 unspecified atom stereocenters. The summed E-state index contributed by atoms with van der Waals surface area (Å²) < 4.78 is 75.8. The standard InChI is InChI=1S/C40H45Cl2N5O11S2/c41-17-21-47(22-18-42)26-10-7-24(8-11-26)5-4-6-33(48)45-19-2-1-3-20-46-39(49)25-9-12-27(30(23-25)40(50)51)34-28-13-15-31(43)37(59(52,53)54)35(28)58-36-29(34)14-16-32(44)38(36)60(55,56)57/h7-16,23,35,37,43H,1-6,17-22,44H2,(H,45,48)(H,46,49)(H,50,51)(H,52,53,54)(H,55,56,57). The third-order valence-corrected chi connectivity index (χ3v) is 12.4. The number of rotatable bonds is 20. The zero-order valence-electron chi connectivity index (χ0n) is 32.2. The van der Waals surface area contributed by atoms with E-state index < -0.39 is 71.1 Å². The van der Waals surface area contributed by atoms with Crippen LogP contribution in [0.3, 0.4) is 0 Å². The van der Waals surface area contributed by atoms with Crippen LogP contribution < -0.4 is 26.0 Å². The minimum absolute atomic E-state index is 0.0267. The third-order valence-electron chi connectivity index (χ3n) is 9.98. The summed E-state index contributed by atoms with van der Waals surface area (Å²) in [6, 6.07) is 14.3. The summed E-state index contributed by atoms with van der Waals surface area (Å²) in [5, 5.41) is 22.1. The summed E-state index contributed by atoms with van der Waals surface area (Å²) in [5.74, 6) is -1.75. The largest absolute Gasteiger partial charge is 0.482 e. The fourth-order valence-corrected chi connectivity index (χ4v) is 9.21. The molecule has 2 atom stereocenters. The Hall–Kier alpha value is -4.98. The van der Waals surface area contributed by atoms with Crippen LogP contribution in [0.2, 0.25) is 0 Å². The number of allylic oxidation sites excluding steroid dienone is 1. The van der Waals surface area contributed by atoms with Gasteiger partial charge in [-0.05, 0) is 85.7 Å². The molecule has 3 aromatic rings. The number of nitrogens with one attached hydrogen (secondary N) is 3. The summed E-state index contributed by atoms with van der Waals surface area (Å²) in [4.78, 5) is 39.4. The molecule has 0 radical (unpaired) electrons. The smallest absolute Gasteiger partial charge is 0.336 e. The third kappa shape index (κ3) is 11.0. The molecule has 2 amide bonds. The minimum Gasteiger partial charge on any atom is -0.482 e. The zero-order chi connectivity index (χ0) is 43.8. The van der Waals surface area contributed by atoms with Gasteiger partial charge in [-0.15, -0.1) is 23.2 Å². The van der Waals surface area contributed by atoms with Crippen LogP contribution in [-0.4, -0.2) is 104 Å². The Kier molecular flexibility index (Phi) is 15.4. The van der Waals surface area contributed by atoms with Crippen LogP contribution in [0.15, 0.2) is 77.2 Å². The van der Waals surface area contributed by atoms with Gasteiger partial charge < -0.3 is 36.5 Å². The van der Waals surface area contributed by atoms with Gasteiger partial charge in [0.1, 0.15) is 6.10 Å². The van der Waals surface area contributed by atoms with Gasteiger partial charge >= 0.3 is 5.97 Å². The zero-order valence-corrected chi connectivity index (χ0v) is 35.3. The van der Waals surface area contributed by atoms with E-state index in [0.29, 0.717) is 63.5 Å². The second-order valence-corrected chi connectivity index (χ2v) is 17.7. The van der Waals surface area contributed by atoms with Gasteiger partial charge in [0.15, 0.2) is 15.9 Å². The number of aryl methyl sites for hydroxylation is 1. The Labute approximate surface area is 357 Å². The normalized spacial score (nSPS) is 16.1. The highest BCUT2D eigenvalue weighted by Crippen LogP contribution is 2.48.